The third-order valence-electron chi connectivity index (χ3n) is 4.15. The predicted octanol–water partition coefficient (Wildman–Crippen LogP) is 0.596. The summed E-state index contributed by atoms with van der Waals surface area (Å²) in [5.74, 6) is 0.156. The van der Waals surface area contributed by atoms with Crippen LogP contribution >= 0.6 is 0 Å². The molecule has 0 radical (unpaired) electrons. The summed E-state index contributed by atoms with van der Waals surface area (Å²) in [6.07, 6.45) is 4.47. The second-order valence-electron chi connectivity index (χ2n) is 5.81. The molecule has 3 N–H and O–H groups in total. The molecule has 0 aromatic carbocycles. The SMILES string of the molecule is CN(c1cc(Nc2cnc(C#N)cn2)nnc1C(N)=O)C1CCOCC1. The molecule has 3 heterocycles. The largest absolute Gasteiger partial charge is 0.381 e. The third-order valence-corrected chi connectivity index (χ3v) is 4.15. The van der Waals surface area contributed by atoms with Gasteiger partial charge in [0.2, 0.25) is 0 Å². The average molecular weight is 354 g/mol. The highest BCUT2D eigenvalue weighted by Crippen LogP contribution is 2.26. The normalized spacial score (nSPS) is 14.5. The first kappa shape index (κ1) is 17.5. The number of amides is 1. The zero-order chi connectivity index (χ0) is 18.5. The minimum Gasteiger partial charge on any atom is -0.381 e. The number of nitrogens with one attached hydrogen (secondary N) is 1. The van der Waals surface area contributed by atoms with E-state index in [2.05, 4.69) is 25.5 Å². The van der Waals surface area contributed by atoms with E-state index in [1.165, 1.54) is 12.4 Å². The second kappa shape index (κ2) is 7.71. The standard InChI is InChI=1S/C16H18N8O2/c1-24(11-2-4-26-5-3-11)12-6-13(22-23-15(12)16(18)25)21-14-9-19-10(7-17)8-20-14/h6,8-9,11H,2-5H2,1H3,(H2,18,25)(H,20,21,22). The van der Waals surface area contributed by atoms with E-state index in [1.54, 1.807) is 6.07 Å². The molecular formula is C16H18N8O2. The summed E-state index contributed by atoms with van der Waals surface area (Å²) < 4.78 is 5.39. The zero-order valence-corrected chi connectivity index (χ0v) is 14.2. The van der Waals surface area contributed by atoms with Crippen LogP contribution in [0, 0.1) is 11.3 Å². The van der Waals surface area contributed by atoms with Crippen LogP contribution < -0.4 is 16.0 Å². The van der Waals surface area contributed by atoms with Crippen LogP contribution in [-0.4, -0.2) is 52.4 Å². The lowest BCUT2D eigenvalue weighted by Gasteiger charge is -2.33. The molecule has 0 bridgehead atoms. The van der Waals surface area contributed by atoms with Crippen LogP contribution in [0.5, 0.6) is 0 Å². The van der Waals surface area contributed by atoms with E-state index < -0.39 is 5.91 Å². The summed E-state index contributed by atoms with van der Waals surface area (Å²) in [5, 5.41) is 19.7. The summed E-state index contributed by atoms with van der Waals surface area (Å²) >= 11 is 0. The van der Waals surface area contributed by atoms with Crippen LogP contribution in [0.25, 0.3) is 0 Å². The van der Waals surface area contributed by atoms with Gasteiger partial charge in [0.25, 0.3) is 5.91 Å². The monoisotopic (exact) mass is 354 g/mol. The lowest BCUT2D eigenvalue weighted by Crippen LogP contribution is -2.38. The van der Waals surface area contributed by atoms with Crippen molar-refractivity contribution in [2.45, 2.75) is 18.9 Å². The highest BCUT2D eigenvalue weighted by Gasteiger charge is 2.24. The number of nitrogens with zero attached hydrogens (tertiary/aromatic N) is 6. The molecule has 0 atom stereocenters. The van der Waals surface area contributed by atoms with Gasteiger partial charge in [0, 0.05) is 32.4 Å². The fraction of sp³-hybridized carbons (Fsp3) is 0.375. The van der Waals surface area contributed by atoms with Crippen molar-refractivity contribution in [3.8, 4) is 6.07 Å². The minimum atomic E-state index is -0.642. The zero-order valence-electron chi connectivity index (χ0n) is 14.2. The number of anilines is 3. The Kier molecular flexibility index (Phi) is 5.19. The summed E-state index contributed by atoms with van der Waals surface area (Å²) in [6, 6.07) is 3.81. The van der Waals surface area contributed by atoms with Gasteiger partial charge in [-0.2, -0.15) is 5.26 Å². The van der Waals surface area contributed by atoms with Crippen molar-refractivity contribution in [1.82, 2.24) is 20.2 Å². The predicted molar refractivity (Wildman–Crippen MR) is 92.8 cm³/mol. The summed E-state index contributed by atoms with van der Waals surface area (Å²) in [7, 11) is 1.89. The molecular weight excluding hydrogens is 336 g/mol. The van der Waals surface area contributed by atoms with Crippen molar-refractivity contribution in [2.24, 2.45) is 5.73 Å². The number of primary amides is 1. The van der Waals surface area contributed by atoms with Crippen molar-refractivity contribution in [3.05, 3.63) is 29.8 Å². The van der Waals surface area contributed by atoms with Crippen LogP contribution in [-0.2, 0) is 4.74 Å². The van der Waals surface area contributed by atoms with E-state index in [9.17, 15) is 4.79 Å². The lowest BCUT2D eigenvalue weighted by atomic mass is 10.1. The molecule has 0 spiro atoms. The molecule has 1 fully saturated rings. The van der Waals surface area contributed by atoms with Crippen LogP contribution in [0.15, 0.2) is 18.5 Å². The van der Waals surface area contributed by atoms with Gasteiger partial charge in [0.1, 0.15) is 11.9 Å². The molecule has 2 aromatic heterocycles. The number of hydrogen-bond acceptors (Lipinski definition) is 9. The van der Waals surface area contributed by atoms with Crippen molar-refractivity contribution in [2.75, 3.05) is 30.5 Å². The second-order valence-corrected chi connectivity index (χ2v) is 5.81. The Morgan fingerprint density at radius 3 is 2.69 bits per heavy atom. The number of carbonyl (C=O) groups is 1. The van der Waals surface area contributed by atoms with Gasteiger partial charge in [-0.1, -0.05) is 0 Å². The average Bonchev–Trinajstić information content (AvgIpc) is 2.68. The van der Waals surface area contributed by atoms with E-state index >= 15 is 0 Å². The van der Waals surface area contributed by atoms with Crippen LogP contribution in [0.4, 0.5) is 17.3 Å². The Morgan fingerprint density at radius 2 is 2.08 bits per heavy atom. The smallest absolute Gasteiger partial charge is 0.271 e. The first-order valence-corrected chi connectivity index (χ1v) is 8.05. The van der Waals surface area contributed by atoms with Crippen LogP contribution in [0.1, 0.15) is 29.0 Å². The summed E-state index contributed by atoms with van der Waals surface area (Å²) in [4.78, 5) is 21.7. The molecule has 1 saturated heterocycles. The maximum absolute atomic E-state index is 11.7. The lowest BCUT2D eigenvalue weighted by molar-refractivity contribution is 0.0854. The molecule has 0 unspecified atom stereocenters. The van der Waals surface area contributed by atoms with Crippen molar-refractivity contribution in [3.63, 3.8) is 0 Å². The Labute approximate surface area is 150 Å². The Bertz CT molecular complexity index is 827. The molecule has 3 rings (SSSR count). The van der Waals surface area contributed by atoms with Gasteiger partial charge in [-0.25, -0.2) is 9.97 Å². The van der Waals surface area contributed by atoms with Gasteiger partial charge in [-0.15, -0.1) is 10.2 Å². The highest BCUT2D eigenvalue weighted by molar-refractivity contribution is 5.96. The molecule has 10 heteroatoms. The topological polar surface area (TPSA) is 143 Å². The maximum atomic E-state index is 11.7. The van der Waals surface area contributed by atoms with E-state index in [1.807, 2.05) is 18.0 Å². The van der Waals surface area contributed by atoms with Crippen LogP contribution in [0.2, 0.25) is 0 Å². The number of nitriles is 1. The van der Waals surface area contributed by atoms with Crippen LogP contribution in [0.3, 0.4) is 0 Å². The number of hydrogen-bond donors (Lipinski definition) is 2. The fourth-order valence-electron chi connectivity index (χ4n) is 2.74. The van der Waals surface area contributed by atoms with Gasteiger partial charge in [-0.05, 0) is 12.8 Å². The Morgan fingerprint density at radius 1 is 1.31 bits per heavy atom. The molecule has 26 heavy (non-hydrogen) atoms. The number of nitrogens with two attached hydrogens (primary N) is 1. The highest BCUT2D eigenvalue weighted by atomic mass is 16.5. The molecule has 1 amide bonds. The molecule has 134 valence electrons. The maximum Gasteiger partial charge on any atom is 0.271 e. The number of rotatable bonds is 5. The van der Waals surface area contributed by atoms with E-state index in [0.717, 1.165) is 12.8 Å². The number of ether oxygens (including phenoxy) is 1. The van der Waals surface area contributed by atoms with Gasteiger partial charge in [-0.3, -0.25) is 4.79 Å². The van der Waals surface area contributed by atoms with Gasteiger partial charge in [0.15, 0.2) is 17.2 Å². The third kappa shape index (κ3) is 3.84. The molecule has 1 aliphatic rings. The van der Waals surface area contributed by atoms with Crippen molar-refractivity contribution >= 4 is 23.2 Å². The summed E-state index contributed by atoms with van der Waals surface area (Å²) in [6.45, 7) is 1.34. The molecule has 0 saturated carbocycles. The van der Waals surface area contributed by atoms with Crippen molar-refractivity contribution in [1.29, 1.82) is 5.26 Å². The van der Waals surface area contributed by atoms with Gasteiger partial charge >= 0.3 is 0 Å². The Hall–Kier alpha value is -3.32. The molecule has 1 aliphatic heterocycles. The number of carbonyl (C=O) groups excluding carboxylic acids is 1. The summed E-state index contributed by atoms with van der Waals surface area (Å²) in [5.41, 5.74) is 6.36. The van der Waals surface area contributed by atoms with E-state index in [0.29, 0.717) is 30.5 Å². The van der Waals surface area contributed by atoms with Crippen molar-refractivity contribution < 1.29 is 9.53 Å². The quantitative estimate of drug-likeness (QED) is 0.788. The van der Waals surface area contributed by atoms with Gasteiger partial charge < -0.3 is 20.7 Å². The minimum absolute atomic E-state index is 0.107. The fourth-order valence-corrected chi connectivity index (χ4v) is 2.74. The first-order chi connectivity index (χ1) is 12.6. The van der Waals surface area contributed by atoms with Gasteiger partial charge in [0.05, 0.1) is 18.1 Å². The molecule has 10 nitrogen and oxygen atoms in total. The Balaban J connectivity index is 1.87. The van der Waals surface area contributed by atoms with E-state index in [4.69, 9.17) is 15.7 Å². The number of aromatic nitrogens is 4. The first-order valence-electron chi connectivity index (χ1n) is 8.05. The molecule has 2 aromatic rings. The van der Waals surface area contributed by atoms with E-state index in [-0.39, 0.29) is 17.4 Å². The molecule has 0 aliphatic carbocycles.